The summed E-state index contributed by atoms with van der Waals surface area (Å²) < 4.78 is 5.89. The number of aromatic nitrogens is 1. The zero-order valence-electron chi connectivity index (χ0n) is 14.9. The van der Waals surface area contributed by atoms with Gasteiger partial charge in [0.2, 0.25) is 5.91 Å². The minimum absolute atomic E-state index is 0.138. The highest BCUT2D eigenvalue weighted by molar-refractivity contribution is 6.44. The highest BCUT2D eigenvalue weighted by Crippen LogP contribution is 2.33. The second-order valence-corrected chi connectivity index (χ2v) is 8.09. The van der Waals surface area contributed by atoms with Crippen LogP contribution in [0.5, 0.6) is 0 Å². The summed E-state index contributed by atoms with van der Waals surface area (Å²) >= 11 is 18.0. The van der Waals surface area contributed by atoms with Crippen LogP contribution in [0.2, 0.25) is 15.1 Å². The smallest absolute Gasteiger partial charge is 0.238 e. The number of anilines is 1. The van der Waals surface area contributed by atoms with E-state index in [-0.39, 0.29) is 18.4 Å². The van der Waals surface area contributed by atoms with Gasteiger partial charge in [0, 0.05) is 5.92 Å². The Balaban J connectivity index is 1.33. The summed E-state index contributed by atoms with van der Waals surface area (Å²) in [5.41, 5.74) is 2.16. The Kier molecular flexibility index (Phi) is 5.78. The second kappa shape index (κ2) is 8.29. The topological polar surface area (TPSA) is 58.4 Å². The molecule has 28 heavy (non-hydrogen) atoms. The van der Waals surface area contributed by atoms with E-state index in [0.717, 1.165) is 42.9 Å². The Labute approximate surface area is 177 Å². The predicted molar refractivity (Wildman–Crippen MR) is 113 cm³/mol. The van der Waals surface area contributed by atoms with Crippen molar-refractivity contribution >= 4 is 57.5 Å². The molecule has 0 spiro atoms. The fourth-order valence-electron chi connectivity index (χ4n) is 3.41. The van der Waals surface area contributed by atoms with Gasteiger partial charge < -0.3 is 9.73 Å². The van der Waals surface area contributed by atoms with Crippen molar-refractivity contribution in [2.24, 2.45) is 0 Å². The molecule has 1 aliphatic rings. The van der Waals surface area contributed by atoms with Gasteiger partial charge in [0.15, 0.2) is 11.5 Å². The Hall–Kier alpha value is -1.79. The molecule has 0 bridgehead atoms. The van der Waals surface area contributed by atoms with Gasteiger partial charge in [-0.25, -0.2) is 4.98 Å². The van der Waals surface area contributed by atoms with Crippen LogP contribution in [0.4, 0.5) is 5.69 Å². The van der Waals surface area contributed by atoms with Gasteiger partial charge in [-0.1, -0.05) is 46.9 Å². The number of carbonyl (C=O) groups excluding carboxylic acids is 1. The lowest BCUT2D eigenvalue weighted by atomic mass is 9.97. The highest BCUT2D eigenvalue weighted by atomic mass is 35.5. The number of carbonyl (C=O) groups is 1. The van der Waals surface area contributed by atoms with Crippen molar-refractivity contribution in [2.45, 2.75) is 18.8 Å². The maximum absolute atomic E-state index is 12.4. The number of benzene rings is 2. The van der Waals surface area contributed by atoms with Gasteiger partial charge in [-0.15, -0.1) is 0 Å². The fraction of sp³-hybridized carbons (Fsp3) is 0.300. The van der Waals surface area contributed by atoms with E-state index in [0.29, 0.717) is 20.8 Å². The Morgan fingerprint density at radius 1 is 1.11 bits per heavy atom. The first-order valence-electron chi connectivity index (χ1n) is 9.02. The van der Waals surface area contributed by atoms with Gasteiger partial charge >= 0.3 is 0 Å². The number of nitrogens with zero attached hydrogens (tertiary/aromatic N) is 2. The first kappa shape index (κ1) is 19.5. The molecular weight excluding hydrogens is 421 g/mol. The first-order chi connectivity index (χ1) is 13.5. The lowest BCUT2D eigenvalue weighted by molar-refractivity contribution is -0.117. The third kappa shape index (κ3) is 4.28. The molecule has 0 saturated carbocycles. The fourth-order valence-corrected chi connectivity index (χ4v) is 4.01. The van der Waals surface area contributed by atoms with E-state index in [1.165, 1.54) is 6.07 Å². The monoisotopic (exact) mass is 437 g/mol. The van der Waals surface area contributed by atoms with Crippen LogP contribution in [-0.4, -0.2) is 35.4 Å². The third-order valence-electron chi connectivity index (χ3n) is 4.90. The van der Waals surface area contributed by atoms with Crippen molar-refractivity contribution in [3.8, 4) is 0 Å². The van der Waals surface area contributed by atoms with E-state index in [9.17, 15) is 4.79 Å². The molecule has 8 heteroatoms. The van der Waals surface area contributed by atoms with E-state index < -0.39 is 0 Å². The van der Waals surface area contributed by atoms with Crippen LogP contribution in [-0.2, 0) is 4.79 Å². The molecule has 3 aromatic rings. The van der Waals surface area contributed by atoms with Crippen LogP contribution in [0.1, 0.15) is 24.7 Å². The van der Waals surface area contributed by atoms with E-state index in [1.807, 2.05) is 24.3 Å². The molecule has 1 aromatic heterocycles. The van der Waals surface area contributed by atoms with Crippen molar-refractivity contribution in [1.82, 2.24) is 9.88 Å². The van der Waals surface area contributed by atoms with E-state index in [1.54, 1.807) is 6.07 Å². The van der Waals surface area contributed by atoms with Crippen LogP contribution in [0.3, 0.4) is 0 Å². The van der Waals surface area contributed by atoms with E-state index in [2.05, 4.69) is 15.2 Å². The molecule has 5 nitrogen and oxygen atoms in total. The van der Waals surface area contributed by atoms with Crippen LogP contribution in [0.25, 0.3) is 11.1 Å². The molecule has 1 N–H and O–H groups in total. The van der Waals surface area contributed by atoms with Crippen molar-refractivity contribution in [2.75, 3.05) is 25.0 Å². The summed E-state index contributed by atoms with van der Waals surface area (Å²) in [6.45, 7) is 1.88. The molecule has 0 aliphatic carbocycles. The quantitative estimate of drug-likeness (QED) is 0.538. The van der Waals surface area contributed by atoms with Gasteiger partial charge in [0.25, 0.3) is 0 Å². The van der Waals surface area contributed by atoms with Crippen molar-refractivity contribution in [3.63, 3.8) is 0 Å². The van der Waals surface area contributed by atoms with Gasteiger partial charge in [-0.2, -0.15) is 0 Å². The van der Waals surface area contributed by atoms with Gasteiger partial charge in [-0.05, 0) is 50.2 Å². The number of hydrogen-bond acceptors (Lipinski definition) is 4. The van der Waals surface area contributed by atoms with Crippen LogP contribution in [0.15, 0.2) is 40.8 Å². The maximum Gasteiger partial charge on any atom is 0.238 e. The Bertz CT molecular complexity index is 980. The van der Waals surface area contributed by atoms with E-state index in [4.69, 9.17) is 39.2 Å². The zero-order chi connectivity index (χ0) is 19.7. The average Bonchev–Trinajstić information content (AvgIpc) is 3.11. The molecule has 2 heterocycles. The van der Waals surface area contributed by atoms with Crippen LogP contribution in [0, 0.1) is 0 Å². The summed E-state index contributed by atoms with van der Waals surface area (Å²) in [7, 11) is 0. The number of likely N-dealkylation sites (tertiary alicyclic amines) is 1. The molecule has 0 radical (unpaired) electrons. The molecule has 1 aliphatic heterocycles. The maximum atomic E-state index is 12.4. The number of amides is 1. The molecule has 0 unspecified atom stereocenters. The summed E-state index contributed by atoms with van der Waals surface area (Å²) in [5, 5.41) is 3.86. The largest absolute Gasteiger partial charge is 0.440 e. The SMILES string of the molecule is O=C(CN1CCC(c2nc3ccccc3o2)CC1)Nc1cc(Cl)c(Cl)cc1Cl. The van der Waals surface area contributed by atoms with Crippen molar-refractivity contribution in [1.29, 1.82) is 0 Å². The minimum Gasteiger partial charge on any atom is -0.440 e. The zero-order valence-corrected chi connectivity index (χ0v) is 17.2. The first-order valence-corrected chi connectivity index (χ1v) is 10.1. The number of fused-ring (bicyclic) bond motifs is 1. The van der Waals surface area contributed by atoms with Crippen LogP contribution < -0.4 is 5.32 Å². The lowest BCUT2D eigenvalue weighted by Crippen LogP contribution is -2.38. The molecule has 1 fully saturated rings. The van der Waals surface area contributed by atoms with Gasteiger partial charge in [0.05, 0.1) is 27.3 Å². The average molecular weight is 439 g/mol. The minimum atomic E-state index is -0.138. The lowest BCUT2D eigenvalue weighted by Gasteiger charge is -2.29. The van der Waals surface area contributed by atoms with Gasteiger partial charge in [-0.3, -0.25) is 9.69 Å². The summed E-state index contributed by atoms with van der Waals surface area (Å²) in [4.78, 5) is 19.1. The third-order valence-corrected chi connectivity index (χ3v) is 5.93. The normalized spacial score (nSPS) is 15.8. The van der Waals surface area contributed by atoms with Gasteiger partial charge in [0.1, 0.15) is 5.52 Å². The standard InChI is InChI=1S/C20H18Cl3N3O2/c21-13-9-15(23)17(10-14(13)22)24-19(27)11-26-7-5-12(6-8-26)20-25-16-3-1-2-4-18(16)28-20/h1-4,9-10,12H,5-8,11H2,(H,24,27). The highest BCUT2D eigenvalue weighted by Gasteiger charge is 2.25. The second-order valence-electron chi connectivity index (χ2n) is 6.86. The number of para-hydroxylation sites is 2. The van der Waals surface area contributed by atoms with Crippen LogP contribution >= 0.6 is 34.8 Å². The summed E-state index contributed by atoms with van der Waals surface area (Å²) in [6.07, 6.45) is 1.79. The van der Waals surface area contributed by atoms with Crippen molar-refractivity contribution in [3.05, 3.63) is 57.4 Å². The molecular formula is C20H18Cl3N3O2. The number of rotatable bonds is 4. The number of piperidine rings is 1. The molecule has 146 valence electrons. The number of nitrogens with one attached hydrogen (secondary N) is 1. The number of halogens is 3. The van der Waals surface area contributed by atoms with E-state index >= 15 is 0 Å². The molecule has 4 rings (SSSR count). The summed E-state index contributed by atoms with van der Waals surface area (Å²) in [6, 6.07) is 10.9. The Morgan fingerprint density at radius 3 is 2.57 bits per heavy atom. The number of oxazole rings is 1. The van der Waals surface area contributed by atoms with Crippen molar-refractivity contribution < 1.29 is 9.21 Å². The molecule has 1 amide bonds. The summed E-state index contributed by atoms with van der Waals surface area (Å²) in [5.74, 6) is 0.921. The molecule has 1 saturated heterocycles. The molecule has 2 aromatic carbocycles. The predicted octanol–water partition coefficient (Wildman–Crippen LogP) is 5.61. The Morgan fingerprint density at radius 2 is 1.82 bits per heavy atom. The molecule has 0 atom stereocenters. The number of hydrogen-bond donors (Lipinski definition) is 1.